The third kappa shape index (κ3) is 1.89. The van der Waals surface area contributed by atoms with Gasteiger partial charge in [-0.25, -0.2) is 8.42 Å². The van der Waals surface area contributed by atoms with E-state index in [2.05, 4.69) is 16.4 Å². The van der Waals surface area contributed by atoms with Crippen molar-refractivity contribution in [3.8, 4) is 0 Å². The first-order valence-corrected chi connectivity index (χ1v) is 6.07. The molecule has 6 nitrogen and oxygen atoms in total. The zero-order valence-electron chi connectivity index (χ0n) is 8.16. The standard InChI is InChI=1S/C9H8N2O4S/c1-2-16(13,14)6-7-3-4-9-8(5-7)10-15-11(9)12/h2-5H,1,6H2. The molecule has 2 rings (SSSR count). The van der Waals surface area contributed by atoms with E-state index in [0.29, 0.717) is 11.1 Å². The Bertz CT molecular complexity index is 645. The largest absolute Gasteiger partial charge is 0.359 e. The minimum absolute atomic E-state index is 0.168. The lowest BCUT2D eigenvalue weighted by Crippen LogP contribution is -2.22. The summed E-state index contributed by atoms with van der Waals surface area (Å²) in [5.74, 6) is -0.168. The fourth-order valence-electron chi connectivity index (χ4n) is 1.30. The smallest absolute Gasteiger partial charge is 0.248 e. The van der Waals surface area contributed by atoms with Gasteiger partial charge >= 0.3 is 0 Å². The second-order valence-electron chi connectivity index (χ2n) is 3.23. The van der Waals surface area contributed by atoms with Crippen LogP contribution in [-0.4, -0.2) is 13.6 Å². The van der Waals surface area contributed by atoms with Crippen LogP contribution in [0.1, 0.15) is 5.56 Å². The van der Waals surface area contributed by atoms with Crippen molar-refractivity contribution in [3.63, 3.8) is 0 Å². The minimum Gasteiger partial charge on any atom is -0.359 e. The Morgan fingerprint density at radius 2 is 2.31 bits per heavy atom. The molecule has 0 saturated heterocycles. The Labute approximate surface area is 91.2 Å². The number of rotatable bonds is 3. The van der Waals surface area contributed by atoms with Crippen LogP contribution in [0, 0.1) is 5.21 Å². The maximum Gasteiger partial charge on any atom is 0.248 e. The maximum atomic E-state index is 11.3. The number of benzene rings is 1. The number of hydrogen-bond donors (Lipinski definition) is 0. The van der Waals surface area contributed by atoms with Gasteiger partial charge in [0.1, 0.15) is 0 Å². The van der Waals surface area contributed by atoms with E-state index in [1.54, 1.807) is 0 Å². The van der Waals surface area contributed by atoms with Crippen LogP contribution in [0.3, 0.4) is 0 Å². The molecule has 0 bridgehead atoms. The monoisotopic (exact) mass is 240 g/mol. The van der Waals surface area contributed by atoms with E-state index in [9.17, 15) is 13.6 Å². The van der Waals surface area contributed by atoms with Gasteiger partial charge in [-0.15, -0.1) is 0 Å². The third-order valence-corrected chi connectivity index (χ3v) is 3.32. The van der Waals surface area contributed by atoms with E-state index in [1.807, 2.05) is 0 Å². The van der Waals surface area contributed by atoms with Crippen molar-refractivity contribution in [1.29, 1.82) is 0 Å². The number of nitrogens with zero attached hydrogens (tertiary/aromatic N) is 2. The Balaban J connectivity index is 2.44. The first kappa shape index (κ1) is 10.6. The van der Waals surface area contributed by atoms with Crippen molar-refractivity contribution in [2.24, 2.45) is 0 Å². The number of aromatic nitrogens is 2. The van der Waals surface area contributed by atoms with Crippen molar-refractivity contribution in [1.82, 2.24) is 5.16 Å². The third-order valence-electron chi connectivity index (χ3n) is 2.07. The predicted molar refractivity (Wildman–Crippen MR) is 55.8 cm³/mol. The van der Waals surface area contributed by atoms with Crippen LogP contribution in [0.2, 0.25) is 0 Å². The topological polar surface area (TPSA) is 87.1 Å². The summed E-state index contributed by atoms with van der Waals surface area (Å²) in [7, 11) is -3.31. The molecule has 0 spiro atoms. The van der Waals surface area contributed by atoms with Crippen LogP contribution >= 0.6 is 0 Å². The van der Waals surface area contributed by atoms with Gasteiger partial charge in [-0.1, -0.05) is 12.6 Å². The summed E-state index contributed by atoms with van der Waals surface area (Å²) in [4.78, 5) is 0.265. The van der Waals surface area contributed by atoms with Gasteiger partial charge in [0.25, 0.3) is 0 Å². The van der Waals surface area contributed by atoms with Crippen LogP contribution in [-0.2, 0) is 15.6 Å². The van der Waals surface area contributed by atoms with Crippen LogP contribution in [0.5, 0.6) is 0 Å². The van der Waals surface area contributed by atoms with Gasteiger partial charge in [0.2, 0.25) is 11.0 Å². The molecule has 0 fully saturated rings. The van der Waals surface area contributed by atoms with Gasteiger partial charge in [-0.2, -0.15) is 0 Å². The van der Waals surface area contributed by atoms with Crippen molar-refractivity contribution < 1.29 is 17.9 Å². The number of sulfone groups is 1. The van der Waals surface area contributed by atoms with Gasteiger partial charge in [0.15, 0.2) is 9.84 Å². The first-order valence-electron chi connectivity index (χ1n) is 4.35. The normalized spacial score (nSPS) is 11.8. The van der Waals surface area contributed by atoms with Crippen molar-refractivity contribution in [3.05, 3.63) is 41.0 Å². The Kier molecular flexibility index (Phi) is 2.39. The number of hydrogen-bond acceptors (Lipinski definition) is 5. The highest BCUT2D eigenvalue weighted by Crippen LogP contribution is 2.13. The molecule has 0 N–H and O–H groups in total. The molecule has 0 aliphatic rings. The molecule has 0 aliphatic carbocycles. The summed E-state index contributed by atoms with van der Waals surface area (Å²) >= 11 is 0. The highest BCUT2D eigenvalue weighted by molar-refractivity contribution is 7.93. The molecule has 0 saturated carbocycles. The van der Waals surface area contributed by atoms with Crippen molar-refractivity contribution in [2.75, 3.05) is 0 Å². The predicted octanol–water partition coefficient (Wildman–Crippen LogP) is 0.519. The fourth-order valence-corrected chi connectivity index (χ4v) is 2.06. The van der Waals surface area contributed by atoms with Gasteiger partial charge in [0, 0.05) is 16.6 Å². The molecular formula is C9H8N2O4S. The second kappa shape index (κ2) is 3.60. The molecule has 2 aromatic rings. The quantitative estimate of drug-likeness (QED) is 0.730. The van der Waals surface area contributed by atoms with Gasteiger partial charge in [-0.05, 0) is 16.5 Å². The van der Waals surface area contributed by atoms with Crippen LogP contribution < -0.4 is 4.90 Å². The van der Waals surface area contributed by atoms with Crippen molar-refractivity contribution >= 4 is 20.9 Å². The summed E-state index contributed by atoms with van der Waals surface area (Å²) in [6.45, 7) is 3.22. The van der Waals surface area contributed by atoms with Crippen LogP contribution in [0.4, 0.5) is 0 Å². The summed E-state index contributed by atoms with van der Waals surface area (Å²) in [6.07, 6.45) is 0. The first-order chi connectivity index (χ1) is 7.52. The zero-order chi connectivity index (χ0) is 11.8. The maximum absolute atomic E-state index is 11.3. The molecular weight excluding hydrogens is 232 g/mol. The van der Waals surface area contributed by atoms with Gasteiger partial charge < -0.3 is 5.21 Å². The molecule has 1 aromatic carbocycles. The van der Waals surface area contributed by atoms with Crippen molar-refractivity contribution in [2.45, 2.75) is 5.75 Å². The molecule has 1 aromatic heterocycles. The lowest BCUT2D eigenvalue weighted by molar-refractivity contribution is -0.782. The molecule has 84 valence electrons. The minimum atomic E-state index is -3.31. The lowest BCUT2D eigenvalue weighted by atomic mass is 10.2. The van der Waals surface area contributed by atoms with E-state index < -0.39 is 9.84 Å². The average Bonchev–Trinajstić information content (AvgIpc) is 2.60. The average molecular weight is 240 g/mol. The highest BCUT2D eigenvalue weighted by Gasteiger charge is 2.12. The van der Waals surface area contributed by atoms with E-state index in [1.165, 1.54) is 18.2 Å². The van der Waals surface area contributed by atoms with E-state index in [-0.39, 0.29) is 16.2 Å². The Morgan fingerprint density at radius 3 is 3.00 bits per heavy atom. The lowest BCUT2D eigenvalue weighted by Gasteiger charge is -1.97. The molecule has 0 unspecified atom stereocenters. The molecule has 0 atom stereocenters. The zero-order valence-corrected chi connectivity index (χ0v) is 8.98. The van der Waals surface area contributed by atoms with Gasteiger partial charge in [-0.3, -0.25) is 4.63 Å². The molecule has 0 radical (unpaired) electrons. The van der Waals surface area contributed by atoms with E-state index >= 15 is 0 Å². The summed E-state index contributed by atoms with van der Waals surface area (Å²) in [5.41, 5.74) is 1.12. The Morgan fingerprint density at radius 1 is 1.56 bits per heavy atom. The fraction of sp³-hybridized carbons (Fsp3) is 0.111. The Hall–Kier alpha value is -1.89. The summed E-state index contributed by atoms with van der Waals surface area (Å²) < 4.78 is 26.9. The second-order valence-corrected chi connectivity index (χ2v) is 5.17. The molecule has 0 aliphatic heterocycles. The molecule has 0 amide bonds. The highest BCUT2D eigenvalue weighted by atomic mass is 32.2. The summed E-state index contributed by atoms with van der Waals surface area (Å²) in [6, 6.07) is 4.50. The number of fused-ring (bicyclic) bond motifs is 1. The SMILES string of the molecule is C=CS(=O)(=O)Cc1ccc2c(c1)no[n+]2[O-]. The van der Waals surface area contributed by atoms with E-state index in [4.69, 9.17) is 0 Å². The van der Waals surface area contributed by atoms with Gasteiger partial charge in [0.05, 0.1) is 5.75 Å². The van der Waals surface area contributed by atoms with Crippen LogP contribution in [0.25, 0.3) is 11.0 Å². The molecule has 1 heterocycles. The van der Waals surface area contributed by atoms with E-state index in [0.717, 1.165) is 5.41 Å². The summed E-state index contributed by atoms with van der Waals surface area (Å²) in [5, 5.41) is 15.4. The molecule has 7 heteroatoms. The molecule has 16 heavy (non-hydrogen) atoms. The van der Waals surface area contributed by atoms with Crippen LogP contribution in [0.15, 0.2) is 34.8 Å².